The van der Waals surface area contributed by atoms with Crippen molar-refractivity contribution in [1.82, 2.24) is 19.7 Å². The van der Waals surface area contributed by atoms with Crippen LogP contribution in [0.1, 0.15) is 15.9 Å². The second-order valence-corrected chi connectivity index (χ2v) is 8.74. The molecule has 3 aromatic rings. The molecule has 1 aromatic carbocycles. The van der Waals surface area contributed by atoms with E-state index < -0.39 is 38.7 Å². The molecule has 0 aliphatic heterocycles. The molecule has 0 unspecified atom stereocenters. The van der Waals surface area contributed by atoms with Crippen LogP contribution in [0.15, 0.2) is 53.6 Å². The molecule has 12 nitrogen and oxygen atoms in total. The van der Waals surface area contributed by atoms with E-state index in [2.05, 4.69) is 20.3 Å². The van der Waals surface area contributed by atoms with Gasteiger partial charge in [-0.2, -0.15) is 31.6 Å². The zero-order valence-corrected chi connectivity index (χ0v) is 20.2. The Balaban J connectivity index is 1.76. The van der Waals surface area contributed by atoms with E-state index in [1.165, 1.54) is 39.5 Å². The van der Waals surface area contributed by atoms with Gasteiger partial charge < -0.3 is 9.47 Å². The van der Waals surface area contributed by atoms with Gasteiger partial charge in [0.1, 0.15) is 5.82 Å². The second kappa shape index (κ2) is 10.7. The summed E-state index contributed by atoms with van der Waals surface area (Å²) < 4.78 is 75.3. The Kier molecular flexibility index (Phi) is 7.81. The third kappa shape index (κ3) is 6.60. The Bertz CT molecular complexity index is 1390. The Labute approximate surface area is 208 Å². The maximum Gasteiger partial charge on any atom is 0.416 e. The summed E-state index contributed by atoms with van der Waals surface area (Å²) >= 11 is 0. The van der Waals surface area contributed by atoms with Crippen molar-refractivity contribution < 1.29 is 40.7 Å². The van der Waals surface area contributed by atoms with Gasteiger partial charge in [0, 0.05) is 12.6 Å². The lowest BCUT2D eigenvalue weighted by atomic mass is 10.1. The van der Waals surface area contributed by atoms with Crippen LogP contribution < -0.4 is 24.4 Å². The minimum Gasteiger partial charge on any atom is -0.481 e. The third-order valence-electron chi connectivity index (χ3n) is 4.64. The molecule has 0 atom stereocenters. The average molecular weight is 540 g/mol. The minimum absolute atomic E-state index is 0.0418. The summed E-state index contributed by atoms with van der Waals surface area (Å²) in [5.74, 6) is -1.12. The van der Waals surface area contributed by atoms with E-state index >= 15 is 0 Å². The van der Waals surface area contributed by atoms with Crippen LogP contribution in [-0.2, 0) is 16.2 Å². The van der Waals surface area contributed by atoms with Gasteiger partial charge in [0.25, 0.3) is 15.9 Å². The topological polar surface area (TPSA) is 153 Å². The van der Waals surface area contributed by atoms with Crippen molar-refractivity contribution in [3.8, 4) is 11.8 Å². The van der Waals surface area contributed by atoms with Gasteiger partial charge in [0.05, 0.1) is 25.8 Å². The average Bonchev–Trinajstić information content (AvgIpc) is 2.86. The van der Waals surface area contributed by atoms with E-state index in [0.717, 1.165) is 35.2 Å². The summed E-state index contributed by atoms with van der Waals surface area (Å²) in [4.78, 5) is 37.5. The molecule has 3 amide bonds. The SMILES string of the molecule is COc1cc(OC)nc(NC(=O)NS(=O)(=O)c2cccc(N(C)C(=O)c3ccc(C(F)(F)F)cc3)n2)n1. The molecule has 0 bridgehead atoms. The standard InChI is InChI=1S/C21H19F3N6O6S/c1-30(18(31)12-7-9-13(10-8-12)21(22,23)24)14-5-4-6-17(25-14)37(33,34)29-20(32)28-19-26-15(35-2)11-16(27-19)36-3/h4-11H,1-3H3,(H2,26,27,28,29,32). The number of halogens is 3. The molecule has 2 N–H and O–H groups in total. The van der Waals surface area contributed by atoms with E-state index in [1.807, 2.05) is 0 Å². The zero-order chi connectivity index (χ0) is 27.4. The predicted octanol–water partition coefficient (Wildman–Crippen LogP) is 2.69. The van der Waals surface area contributed by atoms with Crippen LogP contribution in [0.25, 0.3) is 0 Å². The summed E-state index contributed by atoms with van der Waals surface area (Å²) in [5, 5.41) is 1.51. The number of pyridine rings is 1. The number of hydrogen-bond acceptors (Lipinski definition) is 9. The fraction of sp³-hybridized carbons (Fsp3) is 0.190. The van der Waals surface area contributed by atoms with Gasteiger partial charge in [-0.25, -0.2) is 14.5 Å². The van der Waals surface area contributed by atoms with Crippen molar-refractivity contribution in [2.45, 2.75) is 11.2 Å². The predicted molar refractivity (Wildman–Crippen MR) is 123 cm³/mol. The maximum atomic E-state index is 12.8. The van der Waals surface area contributed by atoms with Crippen molar-refractivity contribution in [2.24, 2.45) is 0 Å². The Morgan fingerprint density at radius 2 is 1.54 bits per heavy atom. The molecule has 0 aliphatic rings. The van der Waals surface area contributed by atoms with Crippen LogP contribution in [0.3, 0.4) is 0 Å². The highest BCUT2D eigenvalue weighted by Crippen LogP contribution is 2.29. The van der Waals surface area contributed by atoms with Crippen LogP contribution >= 0.6 is 0 Å². The number of hydrogen-bond donors (Lipinski definition) is 2. The summed E-state index contributed by atoms with van der Waals surface area (Å²) in [6.07, 6.45) is -4.57. The summed E-state index contributed by atoms with van der Waals surface area (Å²) in [6, 6.07) is 7.22. The first-order valence-electron chi connectivity index (χ1n) is 10.1. The molecule has 0 spiro atoms. The van der Waals surface area contributed by atoms with Crippen molar-refractivity contribution in [3.05, 3.63) is 59.7 Å². The maximum absolute atomic E-state index is 12.8. The van der Waals surface area contributed by atoms with Crippen LogP contribution in [0, 0.1) is 0 Å². The number of ether oxygens (including phenoxy) is 2. The number of sulfonamides is 1. The largest absolute Gasteiger partial charge is 0.481 e. The zero-order valence-electron chi connectivity index (χ0n) is 19.4. The quantitative estimate of drug-likeness (QED) is 0.461. The molecule has 0 radical (unpaired) electrons. The molecule has 3 rings (SSSR count). The van der Waals surface area contributed by atoms with E-state index in [1.54, 1.807) is 4.72 Å². The first-order chi connectivity index (χ1) is 17.3. The van der Waals surface area contributed by atoms with Crippen molar-refractivity contribution in [3.63, 3.8) is 0 Å². The van der Waals surface area contributed by atoms with E-state index in [0.29, 0.717) is 0 Å². The van der Waals surface area contributed by atoms with Gasteiger partial charge in [-0.15, -0.1) is 0 Å². The molecule has 0 aliphatic carbocycles. The van der Waals surface area contributed by atoms with Crippen LogP contribution in [0.5, 0.6) is 11.8 Å². The minimum atomic E-state index is -4.57. The molecule has 2 aromatic heterocycles. The van der Waals surface area contributed by atoms with Crippen LogP contribution in [0.2, 0.25) is 0 Å². The monoisotopic (exact) mass is 540 g/mol. The number of carbonyl (C=O) groups is 2. The number of aromatic nitrogens is 3. The summed E-state index contributed by atoms with van der Waals surface area (Å²) in [5.41, 5.74) is -1.02. The smallest absolute Gasteiger partial charge is 0.416 e. The number of alkyl halides is 3. The van der Waals surface area contributed by atoms with Gasteiger partial charge in [-0.1, -0.05) is 6.07 Å². The number of benzene rings is 1. The van der Waals surface area contributed by atoms with Gasteiger partial charge >= 0.3 is 12.2 Å². The summed E-state index contributed by atoms with van der Waals surface area (Å²) in [7, 11) is -0.650. The number of rotatable bonds is 7. The van der Waals surface area contributed by atoms with Gasteiger partial charge in [-0.3, -0.25) is 15.0 Å². The molecule has 0 fully saturated rings. The lowest BCUT2D eigenvalue weighted by Gasteiger charge is -2.17. The normalized spacial score (nSPS) is 11.4. The molecule has 2 heterocycles. The third-order valence-corrected chi connectivity index (χ3v) is 5.87. The molecule has 0 saturated heterocycles. The number of urea groups is 1. The van der Waals surface area contributed by atoms with Gasteiger partial charge in [0.2, 0.25) is 17.7 Å². The van der Waals surface area contributed by atoms with E-state index in [4.69, 9.17) is 9.47 Å². The Hall–Kier alpha value is -4.47. The molecule has 37 heavy (non-hydrogen) atoms. The van der Waals surface area contributed by atoms with E-state index in [9.17, 15) is 31.2 Å². The molecule has 16 heteroatoms. The van der Waals surface area contributed by atoms with E-state index in [-0.39, 0.29) is 29.1 Å². The number of anilines is 2. The fourth-order valence-corrected chi connectivity index (χ4v) is 3.68. The molecular weight excluding hydrogens is 521 g/mol. The first-order valence-corrected chi connectivity index (χ1v) is 11.6. The number of methoxy groups -OCH3 is 2. The molecule has 0 saturated carbocycles. The lowest BCUT2D eigenvalue weighted by molar-refractivity contribution is -0.137. The number of amides is 3. The highest BCUT2D eigenvalue weighted by molar-refractivity contribution is 7.90. The number of carbonyl (C=O) groups excluding carboxylic acids is 2. The molecular formula is C21H19F3N6O6S. The van der Waals surface area contributed by atoms with Crippen molar-refractivity contribution in [1.29, 1.82) is 0 Å². The second-order valence-electron chi connectivity index (χ2n) is 7.11. The van der Waals surface area contributed by atoms with Crippen LogP contribution in [-0.4, -0.2) is 56.6 Å². The fourth-order valence-electron chi connectivity index (χ4n) is 2.81. The van der Waals surface area contributed by atoms with Crippen LogP contribution in [0.4, 0.5) is 29.7 Å². The Morgan fingerprint density at radius 1 is 0.946 bits per heavy atom. The lowest BCUT2D eigenvalue weighted by Crippen LogP contribution is -2.35. The number of nitrogens with one attached hydrogen (secondary N) is 2. The first kappa shape index (κ1) is 27.1. The van der Waals surface area contributed by atoms with Crippen molar-refractivity contribution in [2.75, 3.05) is 31.5 Å². The highest BCUT2D eigenvalue weighted by atomic mass is 32.2. The van der Waals surface area contributed by atoms with Gasteiger partial charge in [-0.05, 0) is 36.4 Å². The molecule has 196 valence electrons. The van der Waals surface area contributed by atoms with Gasteiger partial charge in [0.15, 0.2) is 5.03 Å². The van der Waals surface area contributed by atoms with Crippen molar-refractivity contribution >= 4 is 33.7 Å². The highest BCUT2D eigenvalue weighted by Gasteiger charge is 2.30. The summed E-state index contributed by atoms with van der Waals surface area (Å²) in [6.45, 7) is 0. The number of nitrogens with zero attached hydrogens (tertiary/aromatic N) is 4. The Morgan fingerprint density at radius 3 is 2.08 bits per heavy atom.